The molecule has 0 unspecified atom stereocenters. The van der Waals surface area contributed by atoms with Crippen LogP contribution in [0, 0.1) is 37.6 Å². The molecule has 0 bridgehead atoms. The third-order valence-corrected chi connectivity index (χ3v) is 0.351. The average Bonchev–Trinajstić information content (AvgIpc) is 2.69. The second-order valence-electron chi connectivity index (χ2n) is 0.774. The molecule has 0 aliphatic heterocycles. The Morgan fingerprint density at radius 3 is 1.46 bits per heavy atom. The van der Waals surface area contributed by atoms with Crippen LogP contribution in [-0.4, -0.2) is 5.16 Å². The minimum atomic E-state index is 0. The summed E-state index contributed by atoms with van der Waals surface area (Å²) < 4.78 is 15.0. The van der Waals surface area contributed by atoms with Crippen LogP contribution >= 0.6 is 12.2 Å². The largest absolute Gasteiger partial charge is 0.999 e. The number of rotatable bonds is 0. The SMILES string of the molecule is [C-]#[O+].[C-]#[O+].[Fe].[N-]=C=S.[c-]1[c-][c-][cH-][c-]1. The fourth-order valence-electron chi connectivity index (χ4n) is 0.180. The van der Waals surface area contributed by atoms with Gasteiger partial charge in [-0.05, 0) is 0 Å². The van der Waals surface area contributed by atoms with Gasteiger partial charge in [0.05, 0.1) is 0 Å². The van der Waals surface area contributed by atoms with E-state index in [4.69, 9.17) is 14.7 Å². The van der Waals surface area contributed by atoms with Gasteiger partial charge in [0.25, 0.3) is 0 Å². The van der Waals surface area contributed by atoms with Gasteiger partial charge in [0.2, 0.25) is 0 Å². The maximum Gasteiger partial charge on any atom is 0 e. The zero-order valence-corrected chi connectivity index (χ0v) is 8.02. The van der Waals surface area contributed by atoms with E-state index in [1.807, 2.05) is 0 Å². The van der Waals surface area contributed by atoms with Gasteiger partial charge in [0.1, 0.15) is 0 Å². The Balaban J connectivity index is -0.0000000453. The van der Waals surface area contributed by atoms with Crippen molar-refractivity contribution in [2.45, 2.75) is 0 Å². The van der Waals surface area contributed by atoms with Crippen LogP contribution in [0.3, 0.4) is 0 Å². The summed E-state index contributed by atoms with van der Waals surface area (Å²) in [5.74, 6) is 0. The minimum Gasteiger partial charge on any atom is -0.999 e. The van der Waals surface area contributed by atoms with Gasteiger partial charge in [-0.25, -0.2) is 0 Å². The molecule has 3 nitrogen and oxygen atoms in total. The fourth-order valence-corrected chi connectivity index (χ4v) is 0.180. The molecule has 70 valence electrons. The summed E-state index contributed by atoms with van der Waals surface area (Å²) in [6, 6.07) is 12.0. The molecule has 1 aromatic rings. The third-order valence-electron chi connectivity index (χ3n) is 0.351. The number of nitrogens with zero attached hydrogens (tertiary/aromatic N) is 1. The molecule has 0 aliphatic carbocycles. The van der Waals surface area contributed by atoms with Crippen molar-refractivity contribution in [3.05, 3.63) is 49.0 Å². The number of hydrogen-bond donors (Lipinski definition) is 0. The summed E-state index contributed by atoms with van der Waals surface area (Å²) in [4.78, 5) is 0. The van der Waals surface area contributed by atoms with Gasteiger partial charge in [0, 0.05) is 17.1 Å². The fraction of sp³-hybridized carbons (Fsp3) is 0. The molecule has 0 saturated heterocycles. The first-order chi connectivity index (χ1) is 5.91. The molecule has 1 aromatic carbocycles. The van der Waals surface area contributed by atoms with Gasteiger partial charge in [-0.15, -0.1) is 0 Å². The summed E-state index contributed by atoms with van der Waals surface area (Å²) >= 11 is 3.70. The standard InChI is InChI=1S/C5H.CNS.2CO.Fe/c1-2-4-5-3-1;2-1-3;2*1-2;/h1H;;;;/q-5;-1;;;. The Morgan fingerprint density at radius 1 is 1.15 bits per heavy atom. The molecule has 0 aliphatic rings. The number of isothiocyanates is 1. The monoisotopic (exact) mass is 231 g/mol. The number of thiocarbonyl (C=S) groups is 1. The second-order valence-corrected chi connectivity index (χ2v) is 0.957. The summed E-state index contributed by atoms with van der Waals surface area (Å²) in [5.41, 5.74) is 0. The molecule has 1 rings (SSSR count). The summed E-state index contributed by atoms with van der Waals surface area (Å²) in [5, 5.41) is 8.47. The first kappa shape index (κ1) is 22.7. The van der Waals surface area contributed by atoms with E-state index >= 15 is 0 Å². The van der Waals surface area contributed by atoms with Gasteiger partial charge in [0.15, 0.2) is 0 Å². The normalized spacial score (nSPS) is 4.00. The van der Waals surface area contributed by atoms with E-state index in [2.05, 4.69) is 49.8 Å². The summed E-state index contributed by atoms with van der Waals surface area (Å²) in [6.45, 7) is 9.00. The molecule has 0 radical (unpaired) electrons. The Morgan fingerprint density at radius 2 is 1.38 bits per heavy atom. The van der Waals surface area contributed by atoms with E-state index in [0.717, 1.165) is 0 Å². The van der Waals surface area contributed by atoms with E-state index in [-0.39, 0.29) is 17.1 Å². The third kappa shape index (κ3) is 54.2. The summed E-state index contributed by atoms with van der Waals surface area (Å²) in [6.07, 6.45) is 0. The first-order valence-corrected chi connectivity index (χ1v) is 2.57. The van der Waals surface area contributed by atoms with E-state index < -0.39 is 0 Å². The summed E-state index contributed by atoms with van der Waals surface area (Å²) in [7, 11) is 0. The zero-order valence-electron chi connectivity index (χ0n) is 6.10. The molecule has 0 atom stereocenters. The van der Waals surface area contributed by atoms with E-state index in [0.29, 0.717) is 0 Å². The van der Waals surface area contributed by atoms with Crippen molar-refractivity contribution >= 4 is 17.4 Å². The van der Waals surface area contributed by atoms with Crippen LogP contribution in [0.2, 0.25) is 0 Å². The number of hydrogen-bond acceptors (Lipinski definition) is 1. The molecule has 0 amide bonds. The van der Waals surface area contributed by atoms with Gasteiger partial charge < -0.3 is 35.7 Å². The van der Waals surface area contributed by atoms with Crippen molar-refractivity contribution in [1.29, 1.82) is 0 Å². The Bertz CT molecular complexity index is 189. The second kappa shape index (κ2) is 43.3. The van der Waals surface area contributed by atoms with Crippen LogP contribution in [0.4, 0.5) is 0 Å². The molecule has 0 N–H and O–H groups in total. The van der Waals surface area contributed by atoms with Crippen LogP contribution < -0.4 is 0 Å². The van der Waals surface area contributed by atoms with Crippen molar-refractivity contribution in [3.63, 3.8) is 0 Å². The van der Waals surface area contributed by atoms with Gasteiger partial charge >= 0.3 is 22.6 Å². The van der Waals surface area contributed by atoms with Gasteiger partial charge in [-0.2, -0.15) is 5.16 Å². The van der Waals surface area contributed by atoms with E-state index in [1.165, 1.54) is 5.16 Å². The van der Waals surface area contributed by atoms with Crippen molar-refractivity contribution in [3.8, 4) is 0 Å². The first-order valence-electron chi connectivity index (χ1n) is 2.16. The molecule has 0 heterocycles. The van der Waals surface area contributed by atoms with E-state index in [9.17, 15) is 0 Å². The van der Waals surface area contributed by atoms with E-state index in [1.54, 1.807) is 6.07 Å². The average molecular weight is 231 g/mol. The maximum absolute atomic E-state index is 7.50. The van der Waals surface area contributed by atoms with Crippen LogP contribution in [0.1, 0.15) is 0 Å². The van der Waals surface area contributed by atoms with Crippen LogP contribution in [-0.2, 0) is 26.4 Å². The predicted molar refractivity (Wildman–Crippen MR) is 41.2 cm³/mol. The molecular weight excluding hydrogens is 230 g/mol. The minimum absolute atomic E-state index is 0. The molecule has 0 saturated carbocycles. The molecule has 5 heteroatoms. The van der Waals surface area contributed by atoms with Gasteiger partial charge in [-0.1, -0.05) is 12.2 Å². The van der Waals surface area contributed by atoms with Crippen LogP contribution in [0.5, 0.6) is 0 Å². The Kier molecular flexibility index (Phi) is 75.8. The Hall–Kier alpha value is -0.851. The molecule has 0 spiro atoms. The van der Waals surface area contributed by atoms with Crippen LogP contribution in [0.15, 0.2) is 6.07 Å². The molecular formula is C8HFeNO2S-6. The van der Waals surface area contributed by atoms with Gasteiger partial charge in [-0.3, -0.25) is 0 Å². The topological polar surface area (TPSA) is 62.1 Å². The molecule has 13 heavy (non-hydrogen) atoms. The van der Waals surface area contributed by atoms with Crippen LogP contribution in [0.25, 0.3) is 5.41 Å². The molecule has 0 aromatic heterocycles. The Labute approximate surface area is 92.9 Å². The van der Waals surface area contributed by atoms with Crippen molar-refractivity contribution in [1.82, 2.24) is 0 Å². The molecule has 0 fully saturated rings. The smallest absolute Gasteiger partial charge is 0 e. The predicted octanol–water partition coefficient (Wildman–Crippen LogP) is 1.19. The zero-order chi connectivity index (χ0) is 10.2. The van der Waals surface area contributed by atoms with Crippen molar-refractivity contribution in [2.24, 2.45) is 0 Å². The quantitative estimate of drug-likeness (QED) is 0.217. The van der Waals surface area contributed by atoms with Crippen molar-refractivity contribution in [2.75, 3.05) is 0 Å². The maximum atomic E-state index is 7.50. The van der Waals surface area contributed by atoms with Crippen molar-refractivity contribution < 1.29 is 26.4 Å².